The molecule has 0 aliphatic carbocycles. The molecule has 5 heteroatoms. The molecular weight excluding hydrogens is 264 g/mol. The van der Waals surface area contributed by atoms with Gasteiger partial charge in [0.2, 0.25) is 0 Å². The zero-order valence-electron chi connectivity index (χ0n) is 10.6. The van der Waals surface area contributed by atoms with E-state index in [1.165, 1.54) is 0 Å². The predicted octanol–water partition coefficient (Wildman–Crippen LogP) is 2.67. The van der Waals surface area contributed by atoms with Crippen LogP contribution in [-0.4, -0.2) is 19.0 Å². The minimum Gasteiger partial charge on any atom is -0.380 e. The van der Waals surface area contributed by atoms with E-state index >= 15 is 0 Å². The number of hydrogen-bond acceptors (Lipinski definition) is 4. The van der Waals surface area contributed by atoms with Crippen molar-refractivity contribution >= 4 is 20.9 Å². The summed E-state index contributed by atoms with van der Waals surface area (Å²) < 4.78 is 28.8. The lowest BCUT2D eigenvalue weighted by molar-refractivity contribution is 0.224. The molecule has 1 N–H and O–H groups in total. The molecule has 2 aromatic rings. The lowest BCUT2D eigenvalue weighted by Gasteiger charge is -2.13. The van der Waals surface area contributed by atoms with Crippen molar-refractivity contribution in [1.82, 2.24) is 0 Å². The summed E-state index contributed by atoms with van der Waals surface area (Å²) in [4.78, 5) is 0. The van der Waals surface area contributed by atoms with Gasteiger partial charge in [0.05, 0.1) is 0 Å². The smallest absolute Gasteiger partial charge is 0.336 e. The van der Waals surface area contributed by atoms with Crippen molar-refractivity contribution in [2.45, 2.75) is 25.2 Å². The van der Waals surface area contributed by atoms with Gasteiger partial charge < -0.3 is 9.29 Å². The maximum Gasteiger partial charge on any atom is 0.336 e. The molecule has 0 bridgehead atoms. The second-order valence-corrected chi connectivity index (χ2v) is 5.99. The molecule has 102 valence electrons. The Morgan fingerprint density at radius 3 is 2.58 bits per heavy atom. The highest BCUT2D eigenvalue weighted by Gasteiger charge is 2.24. The van der Waals surface area contributed by atoms with E-state index in [9.17, 15) is 13.5 Å². The Morgan fingerprint density at radius 2 is 1.84 bits per heavy atom. The molecule has 0 amide bonds. The molecule has 0 radical (unpaired) electrons. The van der Waals surface area contributed by atoms with Crippen LogP contribution in [0.3, 0.4) is 0 Å². The van der Waals surface area contributed by atoms with E-state index < -0.39 is 15.6 Å². The van der Waals surface area contributed by atoms with Crippen LogP contribution < -0.4 is 4.18 Å². The van der Waals surface area contributed by atoms with Gasteiger partial charge in [-0.05, 0) is 17.9 Å². The Hall–Kier alpha value is -1.59. The highest BCUT2D eigenvalue weighted by molar-refractivity contribution is 7.87. The molecule has 0 aliphatic rings. The Kier molecular flexibility index (Phi) is 4.07. The number of benzene rings is 2. The van der Waals surface area contributed by atoms with Gasteiger partial charge in [-0.25, -0.2) is 0 Å². The molecule has 0 spiro atoms. The van der Waals surface area contributed by atoms with Crippen molar-refractivity contribution in [3.63, 3.8) is 0 Å². The maximum atomic E-state index is 11.9. The average Bonchev–Trinajstić information content (AvgIpc) is 2.39. The van der Waals surface area contributed by atoms with E-state index in [4.69, 9.17) is 4.18 Å². The first kappa shape index (κ1) is 13.8. The zero-order chi connectivity index (χ0) is 13.9. The van der Waals surface area contributed by atoms with Crippen LogP contribution in [-0.2, 0) is 10.1 Å². The first-order valence-corrected chi connectivity index (χ1v) is 7.61. The van der Waals surface area contributed by atoms with E-state index in [1.807, 2.05) is 24.3 Å². The fourth-order valence-corrected chi connectivity index (χ4v) is 2.87. The van der Waals surface area contributed by atoms with Gasteiger partial charge in [0.15, 0.2) is 11.2 Å². The maximum absolute atomic E-state index is 11.9. The van der Waals surface area contributed by atoms with Crippen molar-refractivity contribution < 1.29 is 17.7 Å². The van der Waals surface area contributed by atoms with E-state index in [0.29, 0.717) is 11.8 Å². The minimum atomic E-state index is -4.01. The number of hydrogen-bond donors (Lipinski definition) is 1. The molecule has 19 heavy (non-hydrogen) atoms. The monoisotopic (exact) mass is 280 g/mol. The van der Waals surface area contributed by atoms with E-state index in [2.05, 4.69) is 0 Å². The van der Waals surface area contributed by atoms with Crippen molar-refractivity contribution in [1.29, 1.82) is 0 Å². The van der Waals surface area contributed by atoms with Gasteiger partial charge in [-0.15, -0.1) is 0 Å². The third kappa shape index (κ3) is 3.05. The Balaban J connectivity index is 2.36. The standard InChI is InChI=1S/C14H16O4S/c1-2-6-14(15)19(16,17)18-13-10-5-8-11-7-3-4-9-12(11)13/h3-5,7-10,14-15H,2,6H2,1H3. The van der Waals surface area contributed by atoms with Crippen molar-refractivity contribution in [2.75, 3.05) is 0 Å². The summed E-state index contributed by atoms with van der Waals surface area (Å²) in [5, 5.41) is 11.2. The fourth-order valence-electron chi connectivity index (χ4n) is 1.84. The summed E-state index contributed by atoms with van der Waals surface area (Å²) in [5.41, 5.74) is -1.49. The average molecular weight is 280 g/mol. The summed E-state index contributed by atoms with van der Waals surface area (Å²) >= 11 is 0. The first-order chi connectivity index (χ1) is 9.04. The number of rotatable bonds is 5. The predicted molar refractivity (Wildman–Crippen MR) is 74.4 cm³/mol. The van der Waals surface area contributed by atoms with Crippen molar-refractivity contribution in [3.8, 4) is 5.75 Å². The van der Waals surface area contributed by atoms with Crippen LogP contribution in [0, 0.1) is 0 Å². The second-order valence-electron chi connectivity index (χ2n) is 4.30. The third-order valence-electron chi connectivity index (χ3n) is 2.82. The Bertz CT molecular complexity index is 659. The summed E-state index contributed by atoms with van der Waals surface area (Å²) in [6.45, 7) is 1.80. The first-order valence-electron chi connectivity index (χ1n) is 6.13. The minimum absolute atomic E-state index is 0.160. The molecule has 0 heterocycles. The van der Waals surface area contributed by atoms with Gasteiger partial charge in [0, 0.05) is 5.39 Å². The highest BCUT2D eigenvalue weighted by Crippen LogP contribution is 2.27. The van der Waals surface area contributed by atoms with Gasteiger partial charge in [0.1, 0.15) is 0 Å². The van der Waals surface area contributed by atoms with Crippen LogP contribution in [0.5, 0.6) is 5.75 Å². The quantitative estimate of drug-likeness (QED) is 0.855. The normalized spacial score (nSPS) is 13.4. The largest absolute Gasteiger partial charge is 0.380 e. The van der Waals surface area contributed by atoms with E-state index in [1.54, 1.807) is 25.1 Å². The molecular formula is C14H16O4S. The topological polar surface area (TPSA) is 63.6 Å². The van der Waals surface area contributed by atoms with Gasteiger partial charge in [0.25, 0.3) is 0 Å². The highest BCUT2D eigenvalue weighted by atomic mass is 32.2. The van der Waals surface area contributed by atoms with Crippen LogP contribution >= 0.6 is 0 Å². The van der Waals surface area contributed by atoms with Gasteiger partial charge in [-0.3, -0.25) is 0 Å². The van der Waals surface area contributed by atoms with Crippen LogP contribution in [0.15, 0.2) is 42.5 Å². The molecule has 0 saturated heterocycles. The summed E-state index contributed by atoms with van der Waals surface area (Å²) in [6, 6.07) is 12.5. The second kappa shape index (κ2) is 5.59. The van der Waals surface area contributed by atoms with Gasteiger partial charge in [-0.1, -0.05) is 49.7 Å². The summed E-state index contributed by atoms with van der Waals surface area (Å²) in [7, 11) is -4.01. The van der Waals surface area contributed by atoms with Crippen LogP contribution in [0.25, 0.3) is 10.8 Å². The van der Waals surface area contributed by atoms with Crippen molar-refractivity contribution in [2.24, 2.45) is 0 Å². The molecule has 2 rings (SSSR count). The molecule has 4 nitrogen and oxygen atoms in total. The number of aliphatic hydroxyl groups is 1. The molecule has 2 aromatic carbocycles. The third-order valence-corrected chi connectivity index (χ3v) is 4.14. The fraction of sp³-hybridized carbons (Fsp3) is 0.286. The van der Waals surface area contributed by atoms with Crippen LogP contribution in [0.1, 0.15) is 19.8 Å². The molecule has 0 aromatic heterocycles. The van der Waals surface area contributed by atoms with E-state index in [0.717, 1.165) is 5.39 Å². The molecule has 0 fully saturated rings. The molecule has 1 atom stereocenters. The van der Waals surface area contributed by atoms with E-state index in [-0.39, 0.29) is 12.2 Å². The number of aliphatic hydroxyl groups excluding tert-OH is 1. The summed E-state index contributed by atoms with van der Waals surface area (Å²) in [5.74, 6) is 0.244. The summed E-state index contributed by atoms with van der Waals surface area (Å²) in [6.07, 6.45) is 0.729. The number of fused-ring (bicyclic) bond motifs is 1. The zero-order valence-corrected chi connectivity index (χ0v) is 11.4. The lowest BCUT2D eigenvalue weighted by Crippen LogP contribution is -2.25. The van der Waals surface area contributed by atoms with Gasteiger partial charge >= 0.3 is 10.1 Å². The molecule has 0 aliphatic heterocycles. The van der Waals surface area contributed by atoms with Crippen molar-refractivity contribution in [3.05, 3.63) is 42.5 Å². The lowest BCUT2D eigenvalue weighted by atomic mass is 10.1. The molecule has 1 unspecified atom stereocenters. The Morgan fingerprint density at radius 1 is 1.16 bits per heavy atom. The van der Waals surface area contributed by atoms with Gasteiger partial charge in [-0.2, -0.15) is 8.42 Å². The van der Waals surface area contributed by atoms with Crippen LogP contribution in [0.2, 0.25) is 0 Å². The molecule has 0 saturated carbocycles. The SMILES string of the molecule is CCCC(O)S(=O)(=O)Oc1cccc2ccccc12. The van der Waals surface area contributed by atoms with Crippen LogP contribution in [0.4, 0.5) is 0 Å². The Labute approximate surface area is 112 Å².